The lowest BCUT2D eigenvalue weighted by atomic mass is 10.0. The molecule has 1 N–H and O–H groups in total. The Bertz CT molecular complexity index is 1290. The van der Waals surface area contributed by atoms with Crippen LogP contribution < -0.4 is 5.32 Å². The fourth-order valence-corrected chi connectivity index (χ4v) is 5.61. The van der Waals surface area contributed by atoms with Gasteiger partial charge in [-0.2, -0.15) is 4.31 Å². The highest BCUT2D eigenvalue weighted by atomic mass is 32.2. The third-order valence-electron chi connectivity index (χ3n) is 5.99. The molecule has 2 aromatic carbocycles. The van der Waals surface area contributed by atoms with Gasteiger partial charge >= 0.3 is 0 Å². The monoisotopic (exact) mass is 486 g/mol. The summed E-state index contributed by atoms with van der Waals surface area (Å²) >= 11 is 0. The lowest BCUT2D eigenvalue weighted by Crippen LogP contribution is -2.35. The second-order valence-electron chi connectivity index (χ2n) is 8.45. The predicted molar refractivity (Wildman–Crippen MR) is 124 cm³/mol. The quantitative estimate of drug-likeness (QED) is 0.550. The van der Waals surface area contributed by atoms with Crippen molar-refractivity contribution in [3.8, 4) is 0 Å². The molecular weight excluding hydrogens is 459 g/mol. The number of hydrogen-bond acceptors (Lipinski definition) is 6. The van der Waals surface area contributed by atoms with Crippen molar-refractivity contribution in [1.82, 2.24) is 24.5 Å². The number of halogens is 1. The average molecular weight is 487 g/mol. The fourth-order valence-electron chi connectivity index (χ4n) is 4.07. The molecule has 9 nitrogen and oxygen atoms in total. The van der Waals surface area contributed by atoms with E-state index in [1.807, 2.05) is 0 Å². The average Bonchev–Trinajstić information content (AvgIpc) is 3.24. The molecule has 3 aromatic rings. The van der Waals surface area contributed by atoms with E-state index in [4.69, 9.17) is 0 Å². The number of aromatic nitrogens is 4. The normalized spacial score (nSPS) is 15.7. The number of carbonyl (C=O) groups excluding carboxylic acids is 1. The molecule has 1 saturated heterocycles. The van der Waals surface area contributed by atoms with Gasteiger partial charge in [-0.3, -0.25) is 4.79 Å². The van der Waals surface area contributed by atoms with E-state index in [1.165, 1.54) is 27.2 Å². The molecule has 11 heteroatoms. The molecule has 0 bridgehead atoms. The smallest absolute Gasteiger partial charge is 0.249 e. The van der Waals surface area contributed by atoms with Crippen LogP contribution in [0, 0.1) is 19.7 Å². The highest BCUT2D eigenvalue weighted by Gasteiger charge is 2.28. The van der Waals surface area contributed by atoms with E-state index in [0.717, 1.165) is 19.3 Å². The summed E-state index contributed by atoms with van der Waals surface area (Å²) in [6.07, 6.45) is 2.84. The summed E-state index contributed by atoms with van der Waals surface area (Å²) in [5.41, 5.74) is 1.70. The first-order chi connectivity index (χ1) is 16.3. The Balaban J connectivity index is 1.62. The van der Waals surface area contributed by atoms with E-state index in [9.17, 15) is 17.6 Å². The van der Waals surface area contributed by atoms with Crippen LogP contribution in [0.1, 0.15) is 42.3 Å². The van der Waals surface area contributed by atoms with Gasteiger partial charge in [-0.25, -0.2) is 17.5 Å². The van der Waals surface area contributed by atoms with Gasteiger partial charge in [0.15, 0.2) is 0 Å². The van der Waals surface area contributed by atoms with Crippen LogP contribution in [0.5, 0.6) is 0 Å². The van der Waals surface area contributed by atoms with E-state index in [-0.39, 0.29) is 11.3 Å². The van der Waals surface area contributed by atoms with Crippen molar-refractivity contribution in [2.24, 2.45) is 0 Å². The van der Waals surface area contributed by atoms with Crippen molar-refractivity contribution < 1.29 is 17.6 Å². The van der Waals surface area contributed by atoms with E-state index in [1.54, 1.807) is 38.1 Å². The summed E-state index contributed by atoms with van der Waals surface area (Å²) in [6, 6.07) is 9.85. The Labute approximate surface area is 198 Å². The summed E-state index contributed by atoms with van der Waals surface area (Å²) < 4.78 is 42.9. The van der Waals surface area contributed by atoms with Crippen molar-refractivity contribution >= 4 is 21.6 Å². The van der Waals surface area contributed by atoms with Crippen molar-refractivity contribution in [2.75, 3.05) is 18.4 Å². The minimum absolute atomic E-state index is 0.135. The van der Waals surface area contributed by atoms with Crippen molar-refractivity contribution in [3.05, 3.63) is 65.2 Å². The summed E-state index contributed by atoms with van der Waals surface area (Å²) in [4.78, 5) is 13.5. The van der Waals surface area contributed by atoms with Crippen molar-refractivity contribution in [1.29, 1.82) is 0 Å². The maximum atomic E-state index is 13.7. The molecule has 1 atom stereocenters. The molecule has 0 saturated carbocycles. The number of piperidine rings is 1. The minimum atomic E-state index is -3.66. The predicted octanol–water partition coefficient (Wildman–Crippen LogP) is 3.03. The molecule has 34 heavy (non-hydrogen) atoms. The number of nitrogens with zero attached hydrogens (tertiary/aromatic N) is 5. The van der Waals surface area contributed by atoms with Gasteiger partial charge in [0.25, 0.3) is 0 Å². The van der Waals surface area contributed by atoms with Gasteiger partial charge in [0.1, 0.15) is 17.7 Å². The molecule has 1 aromatic heterocycles. The Hall–Kier alpha value is -3.18. The first-order valence-corrected chi connectivity index (χ1v) is 12.6. The molecule has 0 unspecified atom stereocenters. The van der Waals surface area contributed by atoms with E-state index in [2.05, 4.69) is 20.8 Å². The van der Waals surface area contributed by atoms with Gasteiger partial charge < -0.3 is 5.32 Å². The number of benzene rings is 2. The lowest BCUT2D eigenvalue weighted by Gasteiger charge is -2.26. The standard InChI is InChI=1S/C23H27FN6O3S/c1-16-9-10-20(34(32,33)29-11-4-3-5-12-29)15-21(16)25-23(31)22(30-17(2)26-27-28-30)14-18-7-6-8-19(24)13-18/h6-10,13,15,22H,3-5,11-12,14H2,1-2H3,(H,25,31)/t22-/m1/s1. The van der Waals surface area contributed by atoms with Crippen LogP contribution in [0.15, 0.2) is 47.4 Å². The second kappa shape index (κ2) is 9.98. The molecule has 180 valence electrons. The molecular formula is C23H27FN6O3S. The zero-order valence-electron chi connectivity index (χ0n) is 19.1. The third-order valence-corrected chi connectivity index (χ3v) is 7.89. The van der Waals surface area contributed by atoms with Crippen molar-refractivity contribution in [2.45, 2.75) is 50.5 Å². The number of rotatable bonds is 7. The van der Waals surface area contributed by atoms with Crippen LogP contribution in [0.4, 0.5) is 10.1 Å². The van der Waals surface area contributed by atoms with Crippen LogP contribution in [-0.2, 0) is 21.2 Å². The van der Waals surface area contributed by atoms with Crippen molar-refractivity contribution in [3.63, 3.8) is 0 Å². The van der Waals surface area contributed by atoms with Gasteiger partial charge in [0, 0.05) is 25.2 Å². The van der Waals surface area contributed by atoms with Gasteiger partial charge in [-0.1, -0.05) is 24.6 Å². The molecule has 0 spiro atoms. The Kier molecular flexibility index (Phi) is 7.03. The number of sulfonamides is 1. The number of tetrazole rings is 1. The minimum Gasteiger partial charge on any atom is -0.324 e. The van der Waals surface area contributed by atoms with E-state index < -0.39 is 27.8 Å². The Morgan fingerprint density at radius 1 is 1.12 bits per heavy atom. The first kappa shape index (κ1) is 24.0. The summed E-state index contributed by atoms with van der Waals surface area (Å²) in [7, 11) is -3.66. The molecule has 0 aliphatic carbocycles. The number of hydrogen-bond donors (Lipinski definition) is 1. The third kappa shape index (κ3) is 5.15. The molecule has 1 amide bonds. The topological polar surface area (TPSA) is 110 Å². The highest BCUT2D eigenvalue weighted by Crippen LogP contribution is 2.26. The molecule has 4 rings (SSSR count). The molecule has 1 fully saturated rings. The number of nitrogens with one attached hydrogen (secondary N) is 1. The number of anilines is 1. The van der Waals surface area contributed by atoms with Crippen LogP contribution in [-0.4, -0.2) is 51.9 Å². The van der Waals surface area contributed by atoms with Gasteiger partial charge in [-0.05, 0) is 72.5 Å². The van der Waals surface area contributed by atoms with Crippen LogP contribution in [0.3, 0.4) is 0 Å². The SMILES string of the molecule is Cc1ccc(S(=O)(=O)N2CCCCC2)cc1NC(=O)[C@@H](Cc1cccc(F)c1)n1nnnc1C. The molecule has 0 radical (unpaired) electrons. The maximum Gasteiger partial charge on any atom is 0.249 e. The van der Waals surface area contributed by atoms with Crippen LogP contribution in [0.25, 0.3) is 0 Å². The van der Waals surface area contributed by atoms with Crippen LogP contribution in [0.2, 0.25) is 0 Å². The van der Waals surface area contributed by atoms with Crippen LogP contribution >= 0.6 is 0 Å². The Morgan fingerprint density at radius 2 is 1.88 bits per heavy atom. The molecule has 1 aliphatic heterocycles. The zero-order valence-corrected chi connectivity index (χ0v) is 19.9. The summed E-state index contributed by atoms with van der Waals surface area (Å²) in [6.45, 7) is 4.44. The largest absolute Gasteiger partial charge is 0.324 e. The summed E-state index contributed by atoms with van der Waals surface area (Å²) in [5.74, 6) is -0.415. The first-order valence-electron chi connectivity index (χ1n) is 11.2. The molecule has 2 heterocycles. The van der Waals surface area contributed by atoms with Gasteiger partial charge in [0.05, 0.1) is 4.90 Å². The highest BCUT2D eigenvalue weighted by molar-refractivity contribution is 7.89. The maximum absolute atomic E-state index is 13.7. The van der Waals surface area contributed by atoms with Gasteiger partial charge in [-0.15, -0.1) is 5.10 Å². The zero-order chi connectivity index (χ0) is 24.3. The number of amides is 1. The van der Waals surface area contributed by atoms with Gasteiger partial charge in [0.2, 0.25) is 15.9 Å². The number of carbonyl (C=O) groups is 1. The van der Waals surface area contributed by atoms with E-state index >= 15 is 0 Å². The fraction of sp³-hybridized carbons (Fsp3) is 0.391. The summed E-state index contributed by atoms with van der Waals surface area (Å²) in [5, 5.41) is 14.3. The number of aryl methyl sites for hydroxylation is 2. The Morgan fingerprint density at radius 3 is 2.56 bits per heavy atom. The van der Waals surface area contributed by atoms with E-state index in [0.29, 0.717) is 35.7 Å². The second-order valence-corrected chi connectivity index (χ2v) is 10.4. The molecule has 1 aliphatic rings. The lowest BCUT2D eigenvalue weighted by molar-refractivity contribution is -0.119.